The molecule has 0 bridgehead atoms. The van der Waals surface area contributed by atoms with Crippen LogP contribution in [-0.2, 0) is 0 Å². The van der Waals surface area contributed by atoms with Gasteiger partial charge in [0, 0.05) is 0 Å². The van der Waals surface area contributed by atoms with Crippen molar-refractivity contribution in [2.24, 2.45) is 11.3 Å². The van der Waals surface area contributed by atoms with Gasteiger partial charge in [0.2, 0.25) is 0 Å². The fourth-order valence-corrected chi connectivity index (χ4v) is 2.17. The van der Waals surface area contributed by atoms with Crippen molar-refractivity contribution in [2.75, 3.05) is 0 Å². The second-order valence-corrected chi connectivity index (χ2v) is 5.09. The quantitative estimate of drug-likeness (QED) is 0.665. The summed E-state index contributed by atoms with van der Waals surface area (Å²) in [6, 6.07) is 0. The molecule has 1 N–H and O–H groups in total. The molecule has 0 heterocycles. The summed E-state index contributed by atoms with van der Waals surface area (Å²) in [6.45, 7) is 8.31. The van der Waals surface area contributed by atoms with Gasteiger partial charge in [-0.05, 0) is 43.4 Å². The van der Waals surface area contributed by atoms with E-state index in [-0.39, 0.29) is 6.10 Å². The van der Waals surface area contributed by atoms with E-state index >= 15 is 0 Å². The fraction of sp³-hybridized carbons (Fsp3) is 0.833. The van der Waals surface area contributed by atoms with Crippen LogP contribution in [0.15, 0.2) is 12.7 Å². The molecule has 1 rings (SSSR count). The highest BCUT2D eigenvalue weighted by Crippen LogP contribution is 2.39. The number of hydrogen-bond acceptors (Lipinski definition) is 1. The first-order valence-corrected chi connectivity index (χ1v) is 5.34. The second-order valence-electron chi connectivity index (χ2n) is 5.09. The van der Waals surface area contributed by atoms with Crippen molar-refractivity contribution in [1.82, 2.24) is 0 Å². The molecule has 0 saturated heterocycles. The lowest BCUT2D eigenvalue weighted by Gasteiger charge is -2.36. The maximum atomic E-state index is 9.77. The lowest BCUT2D eigenvalue weighted by Crippen LogP contribution is -2.28. The molecule has 1 aliphatic carbocycles. The van der Waals surface area contributed by atoms with Crippen LogP contribution >= 0.6 is 0 Å². The van der Waals surface area contributed by atoms with Gasteiger partial charge < -0.3 is 5.11 Å². The predicted octanol–water partition coefficient (Wildman–Crippen LogP) is 3.14. The van der Waals surface area contributed by atoms with Crippen molar-refractivity contribution in [1.29, 1.82) is 0 Å². The van der Waals surface area contributed by atoms with Gasteiger partial charge in [-0.25, -0.2) is 0 Å². The first-order valence-electron chi connectivity index (χ1n) is 5.34. The molecule has 1 heteroatoms. The fourth-order valence-electron chi connectivity index (χ4n) is 2.17. The third-order valence-electron chi connectivity index (χ3n) is 3.34. The van der Waals surface area contributed by atoms with E-state index in [0.29, 0.717) is 11.3 Å². The van der Waals surface area contributed by atoms with Gasteiger partial charge in [0.25, 0.3) is 0 Å². The zero-order chi connectivity index (χ0) is 9.90. The van der Waals surface area contributed by atoms with E-state index in [9.17, 15) is 5.11 Å². The molecule has 0 spiro atoms. The standard InChI is InChI=1S/C12H22O/c1-4-5-11(13)10-6-8-12(2,3)9-7-10/h4,10-11,13H,1,5-9H2,2-3H3. The third kappa shape index (κ3) is 3.15. The second kappa shape index (κ2) is 4.28. The number of hydrogen-bond donors (Lipinski definition) is 1. The summed E-state index contributed by atoms with van der Waals surface area (Å²) in [7, 11) is 0. The van der Waals surface area contributed by atoms with Crippen molar-refractivity contribution in [3.05, 3.63) is 12.7 Å². The van der Waals surface area contributed by atoms with Gasteiger partial charge in [-0.15, -0.1) is 6.58 Å². The molecule has 1 fully saturated rings. The molecule has 1 nitrogen and oxygen atoms in total. The topological polar surface area (TPSA) is 20.2 Å². The molecule has 0 aromatic heterocycles. The van der Waals surface area contributed by atoms with E-state index in [1.165, 1.54) is 25.7 Å². The molecule has 0 aromatic carbocycles. The Bertz CT molecular complexity index is 162. The molecule has 76 valence electrons. The Morgan fingerprint density at radius 1 is 1.46 bits per heavy atom. The van der Waals surface area contributed by atoms with E-state index in [1.54, 1.807) is 0 Å². The Morgan fingerprint density at radius 3 is 2.46 bits per heavy atom. The zero-order valence-electron chi connectivity index (χ0n) is 8.92. The summed E-state index contributed by atoms with van der Waals surface area (Å²) in [5.74, 6) is 0.519. The zero-order valence-corrected chi connectivity index (χ0v) is 8.92. The van der Waals surface area contributed by atoms with Crippen molar-refractivity contribution in [2.45, 2.75) is 52.1 Å². The number of aliphatic hydroxyl groups excluding tert-OH is 1. The van der Waals surface area contributed by atoms with Gasteiger partial charge in [-0.1, -0.05) is 19.9 Å². The molecule has 0 aromatic rings. The van der Waals surface area contributed by atoms with Crippen LogP contribution in [0.4, 0.5) is 0 Å². The van der Waals surface area contributed by atoms with E-state index in [0.717, 1.165) is 6.42 Å². The van der Waals surface area contributed by atoms with Gasteiger partial charge in [-0.3, -0.25) is 0 Å². The van der Waals surface area contributed by atoms with Crippen LogP contribution in [-0.4, -0.2) is 11.2 Å². The lowest BCUT2D eigenvalue weighted by atomic mass is 9.71. The Kier molecular flexibility index (Phi) is 3.55. The van der Waals surface area contributed by atoms with Crippen LogP contribution in [0, 0.1) is 11.3 Å². The average Bonchev–Trinajstić information content (AvgIpc) is 2.04. The summed E-state index contributed by atoms with van der Waals surface area (Å²) < 4.78 is 0. The Morgan fingerprint density at radius 2 is 2.00 bits per heavy atom. The number of aliphatic hydroxyl groups is 1. The van der Waals surface area contributed by atoms with Crippen molar-refractivity contribution in [3.8, 4) is 0 Å². The first kappa shape index (κ1) is 10.8. The van der Waals surface area contributed by atoms with E-state index in [4.69, 9.17) is 0 Å². The van der Waals surface area contributed by atoms with E-state index < -0.39 is 0 Å². The Hall–Kier alpha value is -0.300. The minimum atomic E-state index is -0.145. The highest BCUT2D eigenvalue weighted by molar-refractivity contribution is 4.84. The molecule has 1 atom stereocenters. The summed E-state index contributed by atoms with van der Waals surface area (Å²) in [5, 5.41) is 9.77. The highest BCUT2D eigenvalue weighted by Gasteiger charge is 2.29. The van der Waals surface area contributed by atoms with Gasteiger partial charge in [0.05, 0.1) is 6.10 Å². The van der Waals surface area contributed by atoms with Crippen molar-refractivity contribution < 1.29 is 5.11 Å². The van der Waals surface area contributed by atoms with Crippen LogP contribution in [0.2, 0.25) is 0 Å². The molecule has 0 aliphatic heterocycles. The van der Waals surface area contributed by atoms with Crippen LogP contribution in [0.3, 0.4) is 0 Å². The first-order chi connectivity index (χ1) is 6.05. The highest BCUT2D eigenvalue weighted by atomic mass is 16.3. The molecular formula is C12H22O. The minimum Gasteiger partial charge on any atom is -0.393 e. The molecule has 0 radical (unpaired) electrons. The lowest BCUT2D eigenvalue weighted by molar-refractivity contribution is 0.0595. The summed E-state index contributed by atoms with van der Waals surface area (Å²) in [4.78, 5) is 0. The van der Waals surface area contributed by atoms with Gasteiger partial charge in [0.1, 0.15) is 0 Å². The Labute approximate surface area is 81.9 Å². The van der Waals surface area contributed by atoms with Crippen LogP contribution in [0.1, 0.15) is 46.0 Å². The van der Waals surface area contributed by atoms with Crippen molar-refractivity contribution >= 4 is 0 Å². The average molecular weight is 182 g/mol. The normalized spacial score (nSPS) is 25.5. The maximum Gasteiger partial charge on any atom is 0.0602 e. The van der Waals surface area contributed by atoms with Gasteiger partial charge in [-0.2, -0.15) is 0 Å². The summed E-state index contributed by atoms with van der Waals surface area (Å²) in [5.41, 5.74) is 0.504. The smallest absolute Gasteiger partial charge is 0.0602 e. The summed E-state index contributed by atoms with van der Waals surface area (Å²) >= 11 is 0. The van der Waals surface area contributed by atoms with Crippen LogP contribution in [0.25, 0.3) is 0 Å². The molecule has 1 saturated carbocycles. The van der Waals surface area contributed by atoms with E-state index in [2.05, 4.69) is 20.4 Å². The Balaban J connectivity index is 2.36. The SMILES string of the molecule is C=CCC(O)C1CCC(C)(C)CC1. The monoisotopic (exact) mass is 182 g/mol. The van der Waals surface area contributed by atoms with Crippen molar-refractivity contribution in [3.63, 3.8) is 0 Å². The largest absolute Gasteiger partial charge is 0.393 e. The third-order valence-corrected chi connectivity index (χ3v) is 3.34. The number of rotatable bonds is 3. The maximum absolute atomic E-state index is 9.77. The van der Waals surface area contributed by atoms with E-state index in [1.807, 2.05) is 6.08 Å². The van der Waals surface area contributed by atoms with Crippen LogP contribution < -0.4 is 0 Å². The van der Waals surface area contributed by atoms with Gasteiger partial charge >= 0.3 is 0 Å². The van der Waals surface area contributed by atoms with Gasteiger partial charge in [0.15, 0.2) is 0 Å². The molecule has 0 amide bonds. The van der Waals surface area contributed by atoms with Crippen LogP contribution in [0.5, 0.6) is 0 Å². The molecule has 13 heavy (non-hydrogen) atoms. The molecular weight excluding hydrogens is 160 g/mol. The molecule has 1 aliphatic rings. The summed E-state index contributed by atoms with van der Waals surface area (Å²) in [6.07, 6.45) is 7.31. The molecule has 1 unspecified atom stereocenters. The predicted molar refractivity (Wildman–Crippen MR) is 56.6 cm³/mol. The minimum absolute atomic E-state index is 0.145.